The molecule has 2 aromatic rings. The Morgan fingerprint density at radius 1 is 1.36 bits per heavy atom. The Balaban J connectivity index is 1.44. The van der Waals surface area contributed by atoms with Gasteiger partial charge in [-0.2, -0.15) is 0 Å². The van der Waals surface area contributed by atoms with E-state index in [9.17, 15) is 9.59 Å². The normalized spacial score (nSPS) is 25.7. The Bertz CT molecular complexity index is 887. The maximum Gasteiger partial charge on any atom is 0.259 e. The van der Waals surface area contributed by atoms with Crippen LogP contribution in [0.4, 0.5) is 0 Å². The number of amides is 1. The van der Waals surface area contributed by atoms with Crippen LogP contribution in [0.15, 0.2) is 4.79 Å². The molecular formula is C18H24N4O2S. The minimum atomic E-state index is -0.101. The van der Waals surface area contributed by atoms with Gasteiger partial charge in [-0.3, -0.25) is 9.59 Å². The topological polar surface area (TPSA) is 92.1 Å². The molecule has 1 amide bonds. The number of aromatic nitrogens is 2. The number of carbonyl (C=O) groups excluding carboxylic acids is 1. The van der Waals surface area contributed by atoms with E-state index in [1.54, 1.807) is 0 Å². The fraction of sp³-hybridized carbons (Fsp3) is 0.611. The van der Waals surface area contributed by atoms with Crippen molar-refractivity contribution >= 4 is 27.5 Å². The van der Waals surface area contributed by atoms with Crippen LogP contribution >= 0.6 is 11.3 Å². The highest BCUT2D eigenvalue weighted by atomic mass is 32.1. The number of aryl methyl sites for hydroxylation is 3. The molecule has 7 heteroatoms. The Hall–Kier alpha value is -1.73. The highest BCUT2D eigenvalue weighted by molar-refractivity contribution is 7.18. The molecule has 0 spiro atoms. The Morgan fingerprint density at radius 2 is 2.16 bits per heavy atom. The predicted molar refractivity (Wildman–Crippen MR) is 98.8 cm³/mol. The van der Waals surface area contributed by atoms with Gasteiger partial charge in [-0.05, 0) is 44.1 Å². The first-order chi connectivity index (χ1) is 11.9. The lowest BCUT2D eigenvalue weighted by Gasteiger charge is -2.18. The van der Waals surface area contributed by atoms with E-state index in [4.69, 9.17) is 5.73 Å². The number of fused-ring (bicyclic) bond motifs is 2. The number of nitrogens with zero attached hydrogens (tertiary/aromatic N) is 2. The summed E-state index contributed by atoms with van der Waals surface area (Å²) in [6.45, 7) is 5.57. The van der Waals surface area contributed by atoms with E-state index in [-0.39, 0.29) is 17.5 Å². The van der Waals surface area contributed by atoms with Gasteiger partial charge in [-0.1, -0.05) is 0 Å². The third kappa shape index (κ3) is 2.89. The zero-order valence-electron chi connectivity index (χ0n) is 14.7. The molecule has 3 heterocycles. The number of thiophene rings is 1. The Labute approximate surface area is 150 Å². The van der Waals surface area contributed by atoms with E-state index < -0.39 is 0 Å². The molecule has 3 atom stereocenters. The number of carbonyl (C=O) groups is 1. The van der Waals surface area contributed by atoms with Crippen molar-refractivity contribution in [1.29, 1.82) is 0 Å². The number of rotatable bonds is 3. The van der Waals surface area contributed by atoms with Gasteiger partial charge >= 0.3 is 0 Å². The zero-order valence-corrected chi connectivity index (χ0v) is 15.5. The lowest BCUT2D eigenvalue weighted by molar-refractivity contribution is -0.130. The molecule has 3 unspecified atom stereocenters. The van der Waals surface area contributed by atoms with Crippen LogP contribution in [-0.2, 0) is 11.2 Å². The van der Waals surface area contributed by atoms with Crippen LogP contribution in [-0.4, -0.2) is 39.9 Å². The van der Waals surface area contributed by atoms with Gasteiger partial charge in [0, 0.05) is 36.9 Å². The number of aromatic amines is 1. The first-order valence-corrected chi connectivity index (χ1v) is 9.78. The van der Waals surface area contributed by atoms with Gasteiger partial charge in [0.15, 0.2) is 0 Å². The summed E-state index contributed by atoms with van der Waals surface area (Å²) in [7, 11) is 0. The number of nitrogens with two attached hydrogens (primary N) is 1. The van der Waals surface area contributed by atoms with Crippen LogP contribution in [0.5, 0.6) is 0 Å². The molecule has 0 aromatic carbocycles. The standard InChI is InChI=1S/C18H24N4O2S/c1-9-10(2)25-18-16(9)17(24)20-14(21-18)5-6-15(23)22-7-11-3-4-13(19)12(11)8-22/h11-13H,3-8,19H2,1-2H3,(H,20,21,24). The molecule has 4 rings (SSSR count). The smallest absolute Gasteiger partial charge is 0.259 e. The van der Waals surface area contributed by atoms with E-state index in [2.05, 4.69) is 9.97 Å². The van der Waals surface area contributed by atoms with E-state index in [0.717, 1.165) is 41.2 Å². The molecule has 0 radical (unpaired) electrons. The maximum atomic E-state index is 12.5. The van der Waals surface area contributed by atoms with Crippen LogP contribution in [0.3, 0.4) is 0 Å². The first-order valence-electron chi connectivity index (χ1n) is 8.96. The molecule has 2 fully saturated rings. The fourth-order valence-corrected chi connectivity index (χ4v) is 5.36. The van der Waals surface area contributed by atoms with Gasteiger partial charge in [0.25, 0.3) is 5.56 Å². The molecule has 3 N–H and O–H groups in total. The second-order valence-corrected chi connectivity index (χ2v) is 8.64. The second-order valence-electron chi connectivity index (χ2n) is 7.44. The third-order valence-electron chi connectivity index (χ3n) is 5.93. The quantitative estimate of drug-likeness (QED) is 0.872. The molecule has 2 aromatic heterocycles. The maximum absolute atomic E-state index is 12.5. The van der Waals surface area contributed by atoms with Crippen LogP contribution in [0.2, 0.25) is 0 Å². The SMILES string of the molecule is Cc1sc2nc(CCC(=O)N3CC4CCC(N)C4C3)[nH]c(=O)c2c1C. The molecule has 2 aliphatic rings. The highest BCUT2D eigenvalue weighted by Gasteiger charge is 2.42. The lowest BCUT2D eigenvalue weighted by atomic mass is 9.98. The van der Waals surface area contributed by atoms with Crippen molar-refractivity contribution in [3.63, 3.8) is 0 Å². The van der Waals surface area contributed by atoms with Crippen LogP contribution in [0, 0.1) is 25.7 Å². The van der Waals surface area contributed by atoms with Crippen molar-refractivity contribution in [2.75, 3.05) is 13.1 Å². The average Bonchev–Trinajstić information content (AvgIpc) is 3.21. The van der Waals surface area contributed by atoms with Crippen molar-refractivity contribution in [2.45, 2.75) is 45.6 Å². The minimum Gasteiger partial charge on any atom is -0.342 e. The summed E-state index contributed by atoms with van der Waals surface area (Å²) >= 11 is 1.54. The van der Waals surface area contributed by atoms with Gasteiger partial charge in [0.05, 0.1) is 5.39 Å². The number of hydrogen-bond donors (Lipinski definition) is 2. The van der Waals surface area contributed by atoms with E-state index >= 15 is 0 Å². The Morgan fingerprint density at radius 3 is 2.92 bits per heavy atom. The van der Waals surface area contributed by atoms with Crippen molar-refractivity contribution in [1.82, 2.24) is 14.9 Å². The predicted octanol–water partition coefficient (Wildman–Crippen LogP) is 1.73. The summed E-state index contributed by atoms with van der Waals surface area (Å²) in [4.78, 5) is 36.1. The summed E-state index contributed by atoms with van der Waals surface area (Å²) in [6.07, 6.45) is 3.07. The van der Waals surface area contributed by atoms with Gasteiger partial charge in [0.1, 0.15) is 10.7 Å². The molecule has 1 saturated carbocycles. The molecular weight excluding hydrogens is 336 g/mol. The van der Waals surface area contributed by atoms with Gasteiger partial charge in [-0.15, -0.1) is 11.3 Å². The third-order valence-corrected chi connectivity index (χ3v) is 7.03. The summed E-state index contributed by atoms with van der Waals surface area (Å²) in [6, 6.07) is 0.244. The number of H-pyrrole nitrogens is 1. The monoisotopic (exact) mass is 360 g/mol. The minimum absolute atomic E-state index is 0.101. The molecule has 1 aliphatic heterocycles. The van der Waals surface area contributed by atoms with Crippen LogP contribution in [0.25, 0.3) is 10.2 Å². The molecule has 0 bridgehead atoms. The van der Waals surface area contributed by atoms with Crippen molar-refractivity contribution in [3.05, 3.63) is 26.6 Å². The molecule has 134 valence electrons. The summed E-state index contributed by atoms with van der Waals surface area (Å²) in [5.74, 6) is 1.78. The largest absolute Gasteiger partial charge is 0.342 e. The number of hydrogen-bond acceptors (Lipinski definition) is 5. The number of nitrogens with one attached hydrogen (secondary N) is 1. The lowest BCUT2D eigenvalue weighted by Crippen LogP contribution is -2.33. The number of likely N-dealkylation sites (tertiary alicyclic amines) is 1. The van der Waals surface area contributed by atoms with E-state index in [1.807, 2.05) is 18.7 Å². The van der Waals surface area contributed by atoms with Crippen LogP contribution in [0.1, 0.15) is 35.5 Å². The molecule has 6 nitrogen and oxygen atoms in total. The molecule has 25 heavy (non-hydrogen) atoms. The fourth-order valence-electron chi connectivity index (χ4n) is 4.31. The highest BCUT2D eigenvalue weighted by Crippen LogP contribution is 2.37. The van der Waals surface area contributed by atoms with E-state index in [0.29, 0.717) is 35.9 Å². The van der Waals surface area contributed by atoms with Crippen LogP contribution < -0.4 is 11.3 Å². The van der Waals surface area contributed by atoms with Crippen molar-refractivity contribution in [3.8, 4) is 0 Å². The van der Waals surface area contributed by atoms with Gasteiger partial charge in [0.2, 0.25) is 5.91 Å². The van der Waals surface area contributed by atoms with E-state index in [1.165, 1.54) is 11.3 Å². The van der Waals surface area contributed by atoms with Gasteiger partial charge in [-0.25, -0.2) is 4.98 Å². The molecule has 1 aliphatic carbocycles. The summed E-state index contributed by atoms with van der Waals surface area (Å²) < 4.78 is 0. The van der Waals surface area contributed by atoms with Gasteiger partial charge < -0.3 is 15.6 Å². The Kier molecular flexibility index (Phi) is 4.16. The zero-order chi connectivity index (χ0) is 17.7. The first kappa shape index (κ1) is 16.7. The van der Waals surface area contributed by atoms with Crippen molar-refractivity contribution in [2.24, 2.45) is 17.6 Å². The van der Waals surface area contributed by atoms with Crippen molar-refractivity contribution < 1.29 is 4.79 Å². The summed E-state index contributed by atoms with van der Waals surface area (Å²) in [5.41, 5.74) is 7.04. The molecule has 1 saturated heterocycles. The summed E-state index contributed by atoms with van der Waals surface area (Å²) in [5, 5.41) is 0.680. The average molecular weight is 360 g/mol. The second kappa shape index (κ2) is 6.21.